The van der Waals surface area contributed by atoms with E-state index in [4.69, 9.17) is 4.74 Å². The van der Waals surface area contributed by atoms with E-state index in [1.54, 1.807) is 6.07 Å². The summed E-state index contributed by atoms with van der Waals surface area (Å²) in [7, 11) is 0. The zero-order valence-corrected chi connectivity index (χ0v) is 18.5. The molecule has 1 unspecified atom stereocenters. The van der Waals surface area contributed by atoms with Gasteiger partial charge < -0.3 is 19.3 Å². The highest BCUT2D eigenvalue weighted by Gasteiger charge is 2.19. The lowest BCUT2D eigenvalue weighted by Gasteiger charge is -2.24. The first-order chi connectivity index (χ1) is 15.0. The molecule has 0 aliphatic rings. The number of aromatic nitrogens is 1. The summed E-state index contributed by atoms with van der Waals surface area (Å²) in [6.45, 7) is 8.03. The number of benzene rings is 2. The smallest absolute Gasteiger partial charge is 0.128 e. The van der Waals surface area contributed by atoms with Crippen LogP contribution in [0.25, 0.3) is 0 Å². The third-order valence-electron chi connectivity index (χ3n) is 5.30. The van der Waals surface area contributed by atoms with E-state index in [1.165, 1.54) is 11.0 Å². The number of ether oxygens (including phenoxy) is 1. The summed E-state index contributed by atoms with van der Waals surface area (Å²) in [5.74, 6) is 0.321. The van der Waals surface area contributed by atoms with Crippen LogP contribution in [0.5, 0.6) is 0 Å². The van der Waals surface area contributed by atoms with E-state index in [2.05, 4.69) is 24.5 Å². The second-order valence-electron chi connectivity index (χ2n) is 8.60. The number of quaternary nitrogens is 1. The van der Waals surface area contributed by atoms with Crippen molar-refractivity contribution in [3.05, 3.63) is 95.6 Å². The maximum absolute atomic E-state index is 14.1. The summed E-state index contributed by atoms with van der Waals surface area (Å²) in [4.78, 5) is 1.29. The molecule has 0 aliphatic carbocycles. The SMILES string of the molecule is CC(C)C[NH+](Cc1cccn1Cc1ccccc1F)C[C@H](O)COCc1ccccc1. The molecule has 3 aromatic rings. The minimum Gasteiger partial charge on any atom is -0.385 e. The Kier molecular flexibility index (Phi) is 8.83. The van der Waals surface area contributed by atoms with E-state index in [1.807, 2.05) is 54.7 Å². The third kappa shape index (κ3) is 7.62. The quantitative estimate of drug-likeness (QED) is 0.467. The van der Waals surface area contributed by atoms with Gasteiger partial charge in [0.15, 0.2) is 0 Å². The summed E-state index contributed by atoms with van der Waals surface area (Å²) in [5.41, 5.74) is 2.92. The van der Waals surface area contributed by atoms with Crippen molar-refractivity contribution in [1.29, 1.82) is 0 Å². The summed E-state index contributed by atoms with van der Waals surface area (Å²) in [6.07, 6.45) is 1.46. The number of hydrogen-bond donors (Lipinski definition) is 2. The Hall–Kier alpha value is -2.47. The molecule has 0 aliphatic heterocycles. The topological polar surface area (TPSA) is 38.8 Å². The lowest BCUT2D eigenvalue weighted by Crippen LogP contribution is -3.12. The summed E-state index contributed by atoms with van der Waals surface area (Å²) in [5, 5.41) is 10.6. The van der Waals surface area contributed by atoms with E-state index in [9.17, 15) is 9.50 Å². The molecule has 4 nitrogen and oxygen atoms in total. The molecule has 3 rings (SSSR count). The van der Waals surface area contributed by atoms with Gasteiger partial charge in [0.05, 0.1) is 32.0 Å². The van der Waals surface area contributed by atoms with Crippen molar-refractivity contribution in [2.45, 2.75) is 39.6 Å². The van der Waals surface area contributed by atoms with Crippen molar-refractivity contribution in [2.75, 3.05) is 19.7 Å². The number of halogens is 1. The number of nitrogens with one attached hydrogen (secondary N) is 1. The van der Waals surface area contributed by atoms with Gasteiger partial charge in [0.1, 0.15) is 25.0 Å². The van der Waals surface area contributed by atoms with Crippen molar-refractivity contribution >= 4 is 0 Å². The lowest BCUT2D eigenvalue weighted by atomic mass is 10.2. The number of nitrogens with zero attached hydrogens (tertiary/aromatic N) is 1. The van der Waals surface area contributed by atoms with E-state index >= 15 is 0 Å². The summed E-state index contributed by atoms with van der Waals surface area (Å²) < 4.78 is 21.9. The van der Waals surface area contributed by atoms with Crippen molar-refractivity contribution in [3.8, 4) is 0 Å². The van der Waals surface area contributed by atoms with Gasteiger partial charge in [-0.2, -0.15) is 0 Å². The fourth-order valence-corrected chi connectivity index (χ4v) is 3.91. The highest BCUT2D eigenvalue weighted by atomic mass is 19.1. The molecule has 1 aromatic heterocycles. The van der Waals surface area contributed by atoms with Gasteiger partial charge in [-0.05, 0) is 23.8 Å². The Balaban J connectivity index is 1.57. The standard InChI is InChI=1S/C26H33FN2O2/c1-21(2)15-28(18-25(30)20-31-19-22-9-4-3-5-10-22)17-24-12-8-14-29(24)16-23-11-6-7-13-26(23)27/h3-14,21,25,30H,15-20H2,1-2H3/p+1/t25-/m0/s1. The third-order valence-corrected chi connectivity index (χ3v) is 5.30. The Morgan fingerprint density at radius 3 is 2.45 bits per heavy atom. The number of aliphatic hydroxyl groups is 1. The molecule has 2 N–H and O–H groups in total. The molecule has 31 heavy (non-hydrogen) atoms. The van der Waals surface area contributed by atoms with E-state index in [-0.39, 0.29) is 5.82 Å². The van der Waals surface area contributed by atoms with E-state index in [0.29, 0.717) is 37.8 Å². The first-order valence-corrected chi connectivity index (χ1v) is 11.0. The number of aliphatic hydroxyl groups excluding tert-OH is 1. The van der Waals surface area contributed by atoms with Crippen LogP contribution in [-0.4, -0.2) is 35.5 Å². The van der Waals surface area contributed by atoms with E-state index in [0.717, 1.165) is 24.3 Å². The Bertz CT molecular complexity index is 911. The van der Waals surface area contributed by atoms with Crippen LogP contribution in [0.4, 0.5) is 4.39 Å². The maximum atomic E-state index is 14.1. The predicted molar refractivity (Wildman–Crippen MR) is 121 cm³/mol. The molecule has 0 bridgehead atoms. The van der Waals surface area contributed by atoms with Gasteiger partial charge in [0.25, 0.3) is 0 Å². The fourth-order valence-electron chi connectivity index (χ4n) is 3.91. The highest BCUT2D eigenvalue weighted by Crippen LogP contribution is 2.11. The average molecular weight is 426 g/mol. The molecule has 5 heteroatoms. The maximum Gasteiger partial charge on any atom is 0.128 e. The fraction of sp³-hybridized carbons (Fsp3) is 0.385. The van der Waals surface area contributed by atoms with Gasteiger partial charge >= 0.3 is 0 Å². The molecular weight excluding hydrogens is 391 g/mol. The Morgan fingerprint density at radius 1 is 0.968 bits per heavy atom. The highest BCUT2D eigenvalue weighted by molar-refractivity contribution is 5.19. The van der Waals surface area contributed by atoms with Gasteiger partial charge in [-0.1, -0.05) is 62.4 Å². The summed E-state index contributed by atoms with van der Waals surface area (Å²) >= 11 is 0. The van der Waals surface area contributed by atoms with Crippen LogP contribution in [0.15, 0.2) is 72.9 Å². The van der Waals surface area contributed by atoms with Crippen LogP contribution in [0.1, 0.15) is 30.7 Å². The van der Waals surface area contributed by atoms with Crippen LogP contribution < -0.4 is 4.90 Å². The van der Waals surface area contributed by atoms with Crippen molar-refractivity contribution in [1.82, 2.24) is 4.57 Å². The molecule has 0 saturated heterocycles. The van der Waals surface area contributed by atoms with Gasteiger partial charge in [0, 0.05) is 17.7 Å². The van der Waals surface area contributed by atoms with Crippen LogP contribution in [0, 0.1) is 11.7 Å². The number of rotatable bonds is 12. The minimum atomic E-state index is -0.535. The zero-order chi connectivity index (χ0) is 22.1. The Morgan fingerprint density at radius 2 is 1.71 bits per heavy atom. The van der Waals surface area contributed by atoms with Crippen molar-refractivity contribution in [2.24, 2.45) is 5.92 Å². The van der Waals surface area contributed by atoms with E-state index < -0.39 is 6.10 Å². The van der Waals surface area contributed by atoms with Crippen LogP contribution >= 0.6 is 0 Å². The molecule has 2 atom stereocenters. The Labute approximate surface area is 184 Å². The minimum absolute atomic E-state index is 0.181. The monoisotopic (exact) mass is 425 g/mol. The molecule has 0 saturated carbocycles. The van der Waals surface area contributed by atoms with Crippen molar-refractivity contribution in [3.63, 3.8) is 0 Å². The normalized spacial score (nSPS) is 13.5. The predicted octanol–water partition coefficient (Wildman–Crippen LogP) is 3.29. The largest absolute Gasteiger partial charge is 0.385 e. The van der Waals surface area contributed by atoms with Crippen LogP contribution in [0.3, 0.4) is 0 Å². The van der Waals surface area contributed by atoms with Crippen molar-refractivity contribution < 1.29 is 19.1 Å². The molecule has 0 amide bonds. The molecule has 0 fully saturated rings. The second-order valence-corrected chi connectivity index (χ2v) is 8.60. The first-order valence-electron chi connectivity index (χ1n) is 11.0. The number of hydrogen-bond acceptors (Lipinski definition) is 2. The second kappa shape index (κ2) is 11.8. The molecule has 1 heterocycles. The zero-order valence-electron chi connectivity index (χ0n) is 18.5. The molecular formula is C26H34FN2O2+. The molecule has 166 valence electrons. The first kappa shape index (κ1) is 23.2. The molecule has 0 spiro atoms. The molecule has 0 radical (unpaired) electrons. The van der Waals surface area contributed by atoms with Gasteiger partial charge in [-0.15, -0.1) is 0 Å². The lowest BCUT2D eigenvalue weighted by molar-refractivity contribution is -0.920. The summed E-state index contributed by atoms with van der Waals surface area (Å²) in [6, 6.07) is 21.0. The van der Waals surface area contributed by atoms with Crippen LogP contribution in [0.2, 0.25) is 0 Å². The average Bonchev–Trinajstić information content (AvgIpc) is 3.16. The van der Waals surface area contributed by atoms with Gasteiger partial charge in [-0.3, -0.25) is 0 Å². The van der Waals surface area contributed by atoms with Gasteiger partial charge in [0.2, 0.25) is 0 Å². The van der Waals surface area contributed by atoms with Crippen LogP contribution in [-0.2, 0) is 24.4 Å². The van der Waals surface area contributed by atoms with Gasteiger partial charge in [-0.25, -0.2) is 4.39 Å². The molecule has 2 aromatic carbocycles.